The molecule has 0 N–H and O–H groups in total. The van der Waals surface area contributed by atoms with E-state index in [0.29, 0.717) is 11.8 Å². The molecule has 192 valence electrons. The van der Waals surface area contributed by atoms with Crippen LogP contribution in [-0.4, -0.2) is 25.6 Å². The van der Waals surface area contributed by atoms with Crippen molar-refractivity contribution < 1.29 is 9.59 Å². The summed E-state index contributed by atoms with van der Waals surface area (Å²) in [6.45, 7) is 13.0. The molecule has 0 rings (SSSR count). The predicted molar refractivity (Wildman–Crippen MR) is 149 cm³/mol. The zero-order chi connectivity index (χ0) is 25.0. The molecule has 0 aromatic heterocycles. The molecule has 0 saturated carbocycles. The molecular weight excluding hydrogens is 419 g/mol. The maximum Gasteiger partial charge on any atom is 0.349 e. The van der Waals surface area contributed by atoms with Crippen LogP contribution in [0.4, 0.5) is 0 Å². The van der Waals surface area contributed by atoms with Gasteiger partial charge in [-0.2, -0.15) is 0 Å². The minimum absolute atomic E-state index is 0.0384. The van der Waals surface area contributed by atoms with Crippen LogP contribution in [0.5, 0.6) is 0 Å². The highest BCUT2D eigenvalue weighted by atomic mass is 27.1. The monoisotopic (exact) mass is 476 g/mol. The van der Waals surface area contributed by atoms with Crippen molar-refractivity contribution in [1.29, 1.82) is 0 Å². The lowest BCUT2D eigenvalue weighted by Crippen LogP contribution is -2.31. The van der Waals surface area contributed by atoms with Crippen LogP contribution in [0.2, 0.25) is 4.28 Å². The third kappa shape index (κ3) is 20.7. The van der Waals surface area contributed by atoms with E-state index in [-0.39, 0.29) is 21.1 Å². The van der Waals surface area contributed by atoms with E-state index in [9.17, 15) is 9.59 Å². The first-order chi connectivity index (χ1) is 15.7. The Morgan fingerprint density at radius 2 is 1.18 bits per heavy atom. The van der Waals surface area contributed by atoms with Gasteiger partial charge in [0.2, 0.25) is 0 Å². The van der Waals surface area contributed by atoms with Gasteiger partial charge in [0, 0.05) is 6.42 Å². The Morgan fingerprint density at radius 1 is 0.727 bits per heavy atom. The van der Waals surface area contributed by atoms with Gasteiger partial charge in [0.05, 0.1) is 4.65 Å². The fraction of sp³-hybridized carbons (Fsp3) is 0.867. The summed E-state index contributed by atoms with van der Waals surface area (Å²) in [6.07, 6.45) is 25.7. The highest BCUT2D eigenvalue weighted by Gasteiger charge is 2.36. The minimum atomic E-state index is -0.919. The van der Waals surface area contributed by atoms with Crippen molar-refractivity contribution >= 4 is 25.6 Å². The number of ketones is 1. The summed E-state index contributed by atoms with van der Waals surface area (Å²) in [7, 11) is 0. The van der Waals surface area contributed by atoms with Gasteiger partial charge in [-0.3, -0.25) is 4.79 Å². The number of Topliss-reactive ketones (excluding diaryl/α,β-unsaturated/α-hetero) is 1. The maximum absolute atomic E-state index is 12.6. The normalized spacial score (nSPS) is 12.2. The Hall–Kier alpha value is -0.388. The fourth-order valence-corrected chi connectivity index (χ4v) is 8.77. The predicted octanol–water partition coefficient (Wildman–Crippen LogP) is 9.22. The van der Waals surface area contributed by atoms with Crippen molar-refractivity contribution in [3.05, 3.63) is 12.2 Å². The second-order valence-electron chi connectivity index (χ2n) is 11.6. The zero-order valence-electron chi connectivity index (χ0n) is 23.4. The molecule has 0 fully saturated rings. The number of carbonyl (C=O) groups excluding carboxylic acids is 2. The number of allylic oxidation sites excluding steroid dienone is 2. The molecule has 3 heteroatoms. The number of unbranched alkanes of at least 4 members (excludes halogenated alkanes) is 11. The van der Waals surface area contributed by atoms with E-state index in [1.165, 1.54) is 89.9 Å². The van der Waals surface area contributed by atoms with E-state index >= 15 is 0 Å². The first kappa shape index (κ1) is 32.6. The van der Waals surface area contributed by atoms with Gasteiger partial charge in [-0.25, -0.2) is 0 Å². The molecule has 0 aliphatic rings. The lowest BCUT2D eigenvalue weighted by atomic mass is 9.84. The van der Waals surface area contributed by atoms with E-state index in [2.05, 4.69) is 46.8 Å². The third-order valence-corrected chi connectivity index (χ3v) is 8.99. The summed E-state index contributed by atoms with van der Waals surface area (Å²) < 4.78 is 0.505. The molecule has 33 heavy (non-hydrogen) atoms. The zero-order valence-corrected chi connectivity index (χ0v) is 24.8. The molecule has 0 aromatic rings. The second kappa shape index (κ2) is 20.9. The van der Waals surface area contributed by atoms with Crippen molar-refractivity contribution in [2.75, 3.05) is 0 Å². The Labute approximate surface area is 213 Å². The van der Waals surface area contributed by atoms with Gasteiger partial charge in [-0.1, -0.05) is 128 Å². The van der Waals surface area contributed by atoms with E-state index in [0.717, 1.165) is 12.8 Å². The number of rotatable bonds is 23. The molecule has 2 nitrogen and oxygen atoms in total. The van der Waals surface area contributed by atoms with Gasteiger partial charge >= 0.3 is 15.2 Å². The lowest BCUT2D eigenvalue weighted by molar-refractivity contribution is -0.122. The summed E-state index contributed by atoms with van der Waals surface area (Å²) in [5.41, 5.74) is 0. The second-order valence-corrected chi connectivity index (χ2v) is 14.3. The first-order valence-electron chi connectivity index (χ1n) is 14.4. The van der Waals surface area contributed by atoms with Gasteiger partial charge in [0.1, 0.15) is 5.78 Å². The van der Waals surface area contributed by atoms with Crippen LogP contribution < -0.4 is 0 Å². The van der Waals surface area contributed by atoms with Crippen LogP contribution in [-0.2, 0) is 9.59 Å². The summed E-state index contributed by atoms with van der Waals surface area (Å²) >= 11 is -0.919. The quantitative estimate of drug-likeness (QED) is 0.0637. The molecule has 0 saturated heterocycles. The summed E-state index contributed by atoms with van der Waals surface area (Å²) in [6, 6.07) is 0. The molecule has 0 radical (unpaired) electrons. The first-order valence-corrected chi connectivity index (χ1v) is 15.8. The van der Waals surface area contributed by atoms with Crippen LogP contribution in [0.3, 0.4) is 0 Å². The topological polar surface area (TPSA) is 34.1 Å². The SMILES string of the molecule is CCCCCCCC/C=C\CCCCCCC[C](CC(C)C)(CC(C)C)[AlH][C](=O)CC(C)=O. The van der Waals surface area contributed by atoms with E-state index in [1.807, 2.05) is 0 Å². The van der Waals surface area contributed by atoms with E-state index < -0.39 is 15.2 Å². The standard InChI is InChI=1S/C26H51.C4H5O2.Al.H/c1-6-7-8-9-10-11-12-13-14-15-16-17-18-19-20-21-26(22-24(2)3)23-25(4)5;1-4(6)2-3-5;;/h13-14,24-25H,6-12,15-23H2,1-5H3;2H2,1H3;;/b14-13-;;;. The van der Waals surface area contributed by atoms with E-state index in [1.54, 1.807) is 6.92 Å². The van der Waals surface area contributed by atoms with Gasteiger partial charge in [0.25, 0.3) is 0 Å². The Kier molecular flexibility index (Phi) is 20.7. The van der Waals surface area contributed by atoms with Crippen LogP contribution >= 0.6 is 0 Å². The largest absolute Gasteiger partial charge is 0.349 e. The van der Waals surface area contributed by atoms with Crippen LogP contribution in [0.1, 0.15) is 151 Å². The highest BCUT2D eigenvalue weighted by Crippen LogP contribution is 2.45. The Bertz CT molecular complexity index is 511. The Morgan fingerprint density at radius 3 is 1.64 bits per heavy atom. The molecule has 0 spiro atoms. The highest BCUT2D eigenvalue weighted by molar-refractivity contribution is 6.77. The van der Waals surface area contributed by atoms with Gasteiger partial charge in [-0.05, 0) is 44.4 Å². The third-order valence-electron chi connectivity index (χ3n) is 6.67. The van der Waals surface area contributed by atoms with Crippen molar-refractivity contribution in [3.8, 4) is 0 Å². The van der Waals surface area contributed by atoms with E-state index in [4.69, 9.17) is 0 Å². The molecule has 0 aliphatic carbocycles. The lowest BCUT2D eigenvalue weighted by Gasteiger charge is -2.36. The average molecular weight is 477 g/mol. The molecule has 0 amide bonds. The van der Waals surface area contributed by atoms with Gasteiger partial charge < -0.3 is 4.79 Å². The molecule has 0 aliphatic heterocycles. The van der Waals surface area contributed by atoms with Crippen molar-refractivity contribution in [2.24, 2.45) is 11.8 Å². The van der Waals surface area contributed by atoms with Crippen molar-refractivity contribution in [2.45, 2.75) is 155 Å². The van der Waals surface area contributed by atoms with Gasteiger partial charge in [-0.15, -0.1) is 0 Å². The molecule has 0 bridgehead atoms. The van der Waals surface area contributed by atoms with Crippen LogP contribution in [0.25, 0.3) is 0 Å². The van der Waals surface area contributed by atoms with Crippen LogP contribution in [0.15, 0.2) is 12.2 Å². The molecular formula is C30H57AlO2. The minimum Gasteiger partial charge on any atom is -0.321 e. The summed E-state index contributed by atoms with van der Waals surface area (Å²) in [5, 5.41) is 0. The average Bonchev–Trinajstić information content (AvgIpc) is 2.69. The molecule has 0 heterocycles. The summed E-state index contributed by atoms with van der Waals surface area (Å²) in [5.74, 6) is 1.27. The molecule has 0 aromatic carbocycles. The number of hydrogen-bond donors (Lipinski definition) is 0. The summed E-state index contributed by atoms with van der Waals surface area (Å²) in [4.78, 5) is 24.1. The van der Waals surface area contributed by atoms with Crippen LogP contribution in [0, 0.1) is 11.8 Å². The smallest absolute Gasteiger partial charge is 0.321 e. The molecule has 0 atom stereocenters. The van der Waals surface area contributed by atoms with Crippen molar-refractivity contribution in [3.63, 3.8) is 0 Å². The number of hydrogen-bond acceptors (Lipinski definition) is 2. The fourth-order valence-electron chi connectivity index (χ4n) is 5.58. The van der Waals surface area contributed by atoms with Gasteiger partial charge in [0.15, 0.2) is 0 Å². The number of carbonyl (C=O) groups is 2. The maximum atomic E-state index is 12.6. The molecule has 0 unspecified atom stereocenters. The van der Waals surface area contributed by atoms with Crippen molar-refractivity contribution in [1.82, 2.24) is 0 Å². The Balaban J connectivity index is 4.23.